The number of benzene rings is 1. The zero-order valence-electron chi connectivity index (χ0n) is 10.7. The Hall–Kier alpha value is -2.04. The number of carboxylic acid groups (broad SMARTS) is 1. The Kier molecular flexibility index (Phi) is 2.77. The molecule has 0 spiro atoms. The normalized spacial score (nSPS) is 11.9. The number of rotatable bonds is 2. The summed E-state index contributed by atoms with van der Waals surface area (Å²) in [4.78, 5) is 25.8. The molecule has 0 saturated heterocycles. The molecular weight excluding hydrogens is 232 g/mol. The van der Waals surface area contributed by atoms with Crippen LogP contribution >= 0.6 is 0 Å². The molecule has 96 valence electrons. The van der Waals surface area contributed by atoms with Crippen molar-refractivity contribution in [1.82, 2.24) is 9.55 Å². The summed E-state index contributed by atoms with van der Waals surface area (Å²) in [7, 11) is 0. The highest BCUT2D eigenvalue weighted by Crippen LogP contribution is 2.21. The average Bonchev–Trinajstić information content (AvgIpc) is 2.53. The molecule has 0 unspecified atom stereocenters. The van der Waals surface area contributed by atoms with Crippen LogP contribution in [0.15, 0.2) is 23.0 Å². The smallest absolute Gasteiger partial charge is 0.337 e. The third kappa shape index (κ3) is 2.16. The fourth-order valence-electron chi connectivity index (χ4n) is 2.02. The van der Waals surface area contributed by atoms with Crippen molar-refractivity contribution >= 4 is 17.0 Å². The van der Waals surface area contributed by atoms with Crippen molar-refractivity contribution in [3.8, 4) is 0 Å². The molecule has 5 heteroatoms. The number of para-hydroxylation sites is 1. The van der Waals surface area contributed by atoms with Crippen LogP contribution in [-0.4, -0.2) is 20.6 Å². The Balaban J connectivity index is 2.76. The van der Waals surface area contributed by atoms with Crippen LogP contribution in [0.3, 0.4) is 0 Å². The quantitative estimate of drug-likeness (QED) is 0.854. The molecule has 1 aromatic heterocycles. The minimum Gasteiger partial charge on any atom is -0.478 e. The number of imidazole rings is 1. The van der Waals surface area contributed by atoms with Crippen molar-refractivity contribution in [3.05, 3.63) is 34.2 Å². The van der Waals surface area contributed by atoms with Crippen molar-refractivity contribution in [3.63, 3.8) is 0 Å². The van der Waals surface area contributed by atoms with Crippen LogP contribution in [-0.2, 0) is 6.54 Å². The van der Waals surface area contributed by atoms with E-state index in [-0.39, 0.29) is 16.7 Å². The van der Waals surface area contributed by atoms with Crippen molar-refractivity contribution < 1.29 is 9.90 Å². The van der Waals surface area contributed by atoms with Crippen LogP contribution in [0.2, 0.25) is 0 Å². The molecule has 5 nitrogen and oxygen atoms in total. The first kappa shape index (κ1) is 12.4. The molecule has 2 N–H and O–H groups in total. The van der Waals surface area contributed by atoms with Crippen LogP contribution < -0.4 is 5.69 Å². The monoisotopic (exact) mass is 248 g/mol. The van der Waals surface area contributed by atoms with Crippen molar-refractivity contribution in [2.45, 2.75) is 27.3 Å². The first-order valence-electron chi connectivity index (χ1n) is 5.74. The van der Waals surface area contributed by atoms with Crippen molar-refractivity contribution in [2.24, 2.45) is 5.41 Å². The van der Waals surface area contributed by atoms with Crippen LogP contribution in [0, 0.1) is 5.41 Å². The summed E-state index contributed by atoms with van der Waals surface area (Å²) >= 11 is 0. The van der Waals surface area contributed by atoms with E-state index in [4.69, 9.17) is 0 Å². The van der Waals surface area contributed by atoms with E-state index < -0.39 is 5.97 Å². The molecule has 0 saturated carbocycles. The van der Waals surface area contributed by atoms with Gasteiger partial charge in [0, 0.05) is 6.54 Å². The van der Waals surface area contributed by atoms with Crippen LogP contribution in [0.25, 0.3) is 11.0 Å². The molecule has 2 rings (SSSR count). The molecular formula is C13H16N2O3. The van der Waals surface area contributed by atoms with Crippen molar-refractivity contribution in [1.29, 1.82) is 0 Å². The number of hydrogen-bond acceptors (Lipinski definition) is 2. The molecule has 0 amide bonds. The topological polar surface area (TPSA) is 75.1 Å². The van der Waals surface area contributed by atoms with Gasteiger partial charge in [0.05, 0.1) is 16.6 Å². The Morgan fingerprint density at radius 1 is 1.39 bits per heavy atom. The van der Waals surface area contributed by atoms with Gasteiger partial charge in [0.15, 0.2) is 0 Å². The first-order valence-corrected chi connectivity index (χ1v) is 5.74. The van der Waals surface area contributed by atoms with E-state index in [1.54, 1.807) is 12.1 Å². The fraction of sp³-hybridized carbons (Fsp3) is 0.385. The standard InChI is InChI=1S/C13H16N2O3/c1-13(2,3)7-15-10-8(11(16)17)5-4-6-9(10)14-12(15)18/h4-6H,7H2,1-3H3,(H,14,18)(H,16,17). The molecule has 0 aliphatic carbocycles. The van der Waals surface area contributed by atoms with Gasteiger partial charge in [-0.15, -0.1) is 0 Å². The Morgan fingerprint density at radius 3 is 2.61 bits per heavy atom. The van der Waals surface area contributed by atoms with Gasteiger partial charge in [-0.3, -0.25) is 4.57 Å². The molecule has 1 heterocycles. The molecule has 2 aromatic rings. The maximum atomic E-state index is 11.9. The van der Waals surface area contributed by atoms with E-state index in [0.717, 1.165) is 0 Å². The van der Waals surface area contributed by atoms with Gasteiger partial charge in [-0.2, -0.15) is 0 Å². The first-order chi connectivity index (χ1) is 8.29. The van der Waals surface area contributed by atoms with Gasteiger partial charge in [-0.25, -0.2) is 9.59 Å². The van der Waals surface area contributed by atoms with E-state index in [9.17, 15) is 14.7 Å². The van der Waals surface area contributed by atoms with Gasteiger partial charge < -0.3 is 10.1 Å². The summed E-state index contributed by atoms with van der Waals surface area (Å²) in [5, 5.41) is 9.19. The van der Waals surface area contributed by atoms with Gasteiger partial charge in [-0.05, 0) is 17.5 Å². The highest BCUT2D eigenvalue weighted by molar-refractivity contribution is 6.01. The zero-order valence-corrected chi connectivity index (χ0v) is 10.7. The predicted molar refractivity (Wildman–Crippen MR) is 69.0 cm³/mol. The lowest BCUT2D eigenvalue weighted by Crippen LogP contribution is -2.25. The highest BCUT2D eigenvalue weighted by atomic mass is 16.4. The molecule has 0 aliphatic rings. The summed E-state index contributed by atoms with van der Waals surface area (Å²) in [6, 6.07) is 4.85. The number of H-pyrrole nitrogens is 1. The van der Waals surface area contributed by atoms with Gasteiger partial charge in [0.2, 0.25) is 0 Å². The number of hydrogen-bond donors (Lipinski definition) is 2. The van der Waals surface area contributed by atoms with Crippen molar-refractivity contribution in [2.75, 3.05) is 0 Å². The number of fused-ring (bicyclic) bond motifs is 1. The van der Waals surface area contributed by atoms with E-state index in [1.165, 1.54) is 10.6 Å². The Morgan fingerprint density at radius 2 is 2.06 bits per heavy atom. The molecule has 18 heavy (non-hydrogen) atoms. The summed E-state index contributed by atoms with van der Waals surface area (Å²) < 4.78 is 1.50. The molecule has 0 bridgehead atoms. The van der Waals surface area contributed by atoms with Crippen LogP contribution in [0.4, 0.5) is 0 Å². The SMILES string of the molecule is CC(C)(C)Cn1c(=O)[nH]c2cccc(C(=O)O)c21. The van der Waals surface area contributed by atoms with E-state index in [2.05, 4.69) is 4.98 Å². The maximum absolute atomic E-state index is 11.9. The largest absolute Gasteiger partial charge is 0.478 e. The number of carboxylic acids is 1. The minimum atomic E-state index is -1.03. The highest BCUT2D eigenvalue weighted by Gasteiger charge is 2.19. The molecule has 1 aromatic carbocycles. The second-order valence-electron chi connectivity index (χ2n) is 5.58. The Bertz CT molecular complexity index is 659. The summed E-state index contributed by atoms with van der Waals surface area (Å²) in [6.45, 7) is 6.47. The molecule has 0 atom stereocenters. The number of nitrogens with one attached hydrogen (secondary N) is 1. The molecule has 0 radical (unpaired) electrons. The minimum absolute atomic E-state index is 0.107. The summed E-state index contributed by atoms with van der Waals surface area (Å²) in [5.74, 6) is -1.03. The lowest BCUT2D eigenvalue weighted by atomic mass is 9.96. The third-order valence-electron chi connectivity index (χ3n) is 2.66. The molecule has 0 aliphatic heterocycles. The van der Waals surface area contributed by atoms with E-state index in [1.807, 2.05) is 20.8 Å². The summed E-state index contributed by atoms with van der Waals surface area (Å²) in [6.07, 6.45) is 0. The number of aromatic carboxylic acids is 1. The number of nitrogens with zero attached hydrogens (tertiary/aromatic N) is 1. The second-order valence-corrected chi connectivity index (χ2v) is 5.58. The van der Waals surface area contributed by atoms with Gasteiger partial charge in [-0.1, -0.05) is 26.8 Å². The summed E-state index contributed by atoms with van der Waals surface area (Å²) in [5.41, 5.74) is 0.794. The third-order valence-corrected chi connectivity index (χ3v) is 2.66. The number of aromatic nitrogens is 2. The van der Waals surface area contributed by atoms with Crippen LogP contribution in [0.1, 0.15) is 31.1 Å². The second kappa shape index (κ2) is 4.01. The van der Waals surface area contributed by atoms with Gasteiger partial charge in [0.25, 0.3) is 0 Å². The van der Waals surface area contributed by atoms with E-state index >= 15 is 0 Å². The van der Waals surface area contributed by atoms with Crippen LogP contribution in [0.5, 0.6) is 0 Å². The maximum Gasteiger partial charge on any atom is 0.337 e. The number of carbonyl (C=O) groups is 1. The fourth-order valence-corrected chi connectivity index (χ4v) is 2.02. The molecule has 0 fully saturated rings. The predicted octanol–water partition coefficient (Wildman–Crippen LogP) is 2.07. The zero-order chi connectivity index (χ0) is 13.5. The van der Waals surface area contributed by atoms with Gasteiger partial charge in [0.1, 0.15) is 0 Å². The lowest BCUT2D eigenvalue weighted by molar-refractivity contribution is 0.0698. The Labute approximate surface area is 104 Å². The number of aromatic amines is 1. The van der Waals surface area contributed by atoms with Gasteiger partial charge >= 0.3 is 11.7 Å². The lowest BCUT2D eigenvalue weighted by Gasteiger charge is -2.19. The average molecular weight is 248 g/mol. The van der Waals surface area contributed by atoms with E-state index in [0.29, 0.717) is 17.6 Å².